The van der Waals surface area contributed by atoms with Crippen LogP contribution in [-0.4, -0.2) is 21.0 Å². The van der Waals surface area contributed by atoms with Crippen molar-refractivity contribution >= 4 is 38.9 Å². The molecule has 11 rings (SSSR count). The average Bonchev–Trinajstić information content (AvgIpc) is 3.89. The largest absolute Gasteiger partial charge is 0.456 e. The van der Waals surface area contributed by atoms with Crippen LogP contribution in [0, 0.1) is 0 Å². The highest BCUT2D eigenvalue weighted by molar-refractivity contribution is 6.13. The van der Waals surface area contributed by atoms with Crippen LogP contribution in [-0.2, 0) is 0 Å². The highest BCUT2D eigenvalue weighted by Crippen LogP contribution is 2.49. The fourth-order valence-electron chi connectivity index (χ4n) is 9.19. The van der Waals surface area contributed by atoms with Crippen LogP contribution in [0.2, 0.25) is 0 Å². The zero-order valence-corrected chi connectivity index (χ0v) is 34.5. The molecule has 2 aliphatic rings. The highest BCUT2D eigenvalue weighted by atomic mass is 16.3. The standard InChI is InChI=1S/C57H42N4O/c1-3-16-37(4-2)55-58-56(38-17-7-5-8-18-38)60-57(59-55)44-22-14-21-43(34-44)46-26-15-28-53-54(46)49-36-42(30-32-52(49)62-53)40-20-13-19-39(33-40)41-29-31-51-48(35-41)47-25-11-12-27-50(47)61(51)45-23-9-6-10-24-45/h3-36,47,50H,1-2H3/b16-3-,37-4+. The summed E-state index contributed by atoms with van der Waals surface area (Å²) in [5.41, 5.74) is 15.2. The van der Waals surface area contributed by atoms with Gasteiger partial charge in [0.1, 0.15) is 11.2 Å². The van der Waals surface area contributed by atoms with E-state index in [1.54, 1.807) is 0 Å². The van der Waals surface area contributed by atoms with Gasteiger partial charge in [-0.25, -0.2) is 15.0 Å². The van der Waals surface area contributed by atoms with Gasteiger partial charge in [-0.3, -0.25) is 0 Å². The molecule has 296 valence electrons. The van der Waals surface area contributed by atoms with Gasteiger partial charge in [0, 0.05) is 44.8 Å². The molecule has 3 heterocycles. The normalized spacial score (nSPS) is 15.8. The molecule has 0 bridgehead atoms. The van der Waals surface area contributed by atoms with Crippen molar-refractivity contribution in [2.24, 2.45) is 0 Å². The fourth-order valence-corrected chi connectivity index (χ4v) is 9.19. The summed E-state index contributed by atoms with van der Waals surface area (Å²) < 4.78 is 6.52. The summed E-state index contributed by atoms with van der Waals surface area (Å²) in [6.07, 6.45) is 15.1. The number of rotatable bonds is 8. The van der Waals surface area contributed by atoms with Crippen LogP contribution in [0.1, 0.15) is 31.2 Å². The number of aromatic nitrogens is 3. The van der Waals surface area contributed by atoms with E-state index in [0.29, 0.717) is 23.4 Å². The quantitative estimate of drug-likeness (QED) is 0.143. The minimum absolute atomic E-state index is 0.256. The number of benzene rings is 7. The Morgan fingerprint density at radius 2 is 1.19 bits per heavy atom. The maximum Gasteiger partial charge on any atom is 0.164 e. The Morgan fingerprint density at radius 1 is 0.548 bits per heavy atom. The third-order valence-electron chi connectivity index (χ3n) is 12.1. The number of allylic oxidation sites excluding steroid dienone is 6. The molecule has 0 saturated heterocycles. The maximum absolute atomic E-state index is 6.52. The molecule has 5 nitrogen and oxygen atoms in total. The summed E-state index contributed by atoms with van der Waals surface area (Å²) in [6, 6.07) is 58.3. The van der Waals surface area contributed by atoms with Crippen molar-refractivity contribution in [2.45, 2.75) is 25.8 Å². The molecule has 0 saturated carbocycles. The van der Waals surface area contributed by atoms with Crippen LogP contribution in [0.25, 0.3) is 83.7 Å². The van der Waals surface area contributed by atoms with Crippen molar-refractivity contribution in [3.63, 3.8) is 0 Å². The van der Waals surface area contributed by atoms with E-state index in [-0.39, 0.29) is 6.04 Å². The molecule has 1 aliphatic heterocycles. The summed E-state index contributed by atoms with van der Waals surface area (Å²) in [4.78, 5) is 17.4. The Labute approximate surface area is 361 Å². The lowest BCUT2D eigenvalue weighted by Crippen LogP contribution is -2.28. The minimum atomic E-state index is 0.256. The van der Waals surface area contributed by atoms with Crippen molar-refractivity contribution in [1.29, 1.82) is 0 Å². The van der Waals surface area contributed by atoms with Gasteiger partial charge in [0.25, 0.3) is 0 Å². The van der Waals surface area contributed by atoms with Crippen LogP contribution in [0.5, 0.6) is 0 Å². The summed E-state index contributed by atoms with van der Waals surface area (Å²) in [5, 5.41) is 2.15. The van der Waals surface area contributed by atoms with E-state index in [1.807, 2.05) is 62.4 Å². The molecule has 2 aromatic heterocycles. The number of anilines is 2. The first-order valence-corrected chi connectivity index (χ1v) is 21.2. The van der Waals surface area contributed by atoms with E-state index < -0.39 is 0 Å². The second kappa shape index (κ2) is 15.6. The fraction of sp³-hybridized carbons (Fsp3) is 0.0702. The third kappa shape index (κ3) is 6.55. The molecule has 62 heavy (non-hydrogen) atoms. The number of hydrogen-bond acceptors (Lipinski definition) is 5. The van der Waals surface area contributed by atoms with Crippen LogP contribution in [0.3, 0.4) is 0 Å². The summed E-state index contributed by atoms with van der Waals surface area (Å²) in [6.45, 7) is 4.01. The van der Waals surface area contributed by atoms with E-state index in [4.69, 9.17) is 19.4 Å². The molecule has 7 aromatic carbocycles. The summed E-state index contributed by atoms with van der Waals surface area (Å²) in [7, 11) is 0. The van der Waals surface area contributed by atoms with Crippen molar-refractivity contribution < 1.29 is 4.42 Å². The van der Waals surface area contributed by atoms with E-state index in [2.05, 4.69) is 163 Å². The first-order chi connectivity index (χ1) is 30.6. The first kappa shape index (κ1) is 37.1. The molecule has 2 unspecified atom stereocenters. The van der Waals surface area contributed by atoms with Gasteiger partial charge < -0.3 is 9.32 Å². The van der Waals surface area contributed by atoms with Crippen LogP contribution >= 0.6 is 0 Å². The van der Waals surface area contributed by atoms with Crippen LogP contribution < -0.4 is 4.90 Å². The van der Waals surface area contributed by atoms with E-state index in [1.165, 1.54) is 28.1 Å². The molecule has 9 aromatic rings. The number of nitrogens with zero attached hydrogens (tertiary/aromatic N) is 4. The minimum Gasteiger partial charge on any atom is -0.456 e. The molecule has 0 amide bonds. The lowest BCUT2D eigenvalue weighted by Gasteiger charge is -2.28. The first-order valence-electron chi connectivity index (χ1n) is 21.2. The Morgan fingerprint density at radius 3 is 1.98 bits per heavy atom. The van der Waals surface area contributed by atoms with Gasteiger partial charge in [0.05, 0.1) is 6.04 Å². The monoisotopic (exact) mass is 798 g/mol. The molecular formula is C57H42N4O. The Kier molecular flexibility index (Phi) is 9.35. The SMILES string of the molecule is C/C=C\C(=C/C)c1nc(-c2ccccc2)nc(-c2cccc(-c3cccc4oc5ccc(-c6cccc(-c7ccc8c(c7)C7C=CC=CC7N8c7ccccc7)c6)cc5c34)c2)n1. The second-order valence-corrected chi connectivity index (χ2v) is 15.8. The number of hydrogen-bond donors (Lipinski definition) is 0. The van der Waals surface area contributed by atoms with Crippen LogP contribution in [0.4, 0.5) is 11.4 Å². The topological polar surface area (TPSA) is 55.1 Å². The smallest absolute Gasteiger partial charge is 0.164 e. The summed E-state index contributed by atoms with van der Waals surface area (Å²) in [5.74, 6) is 2.19. The molecule has 0 N–H and O–H groups in total. The Balaban J connectivity index is 0.970. The van der Waals surface area contributed by atoms with Crippen molar-refractivity contribution in [3.8, 4) is 56.2 Å². The third-order valence-corrected chi connectivity index (χ3v) is 12.1. The van der Waals surface area contributed by atoms with Gasteiger partial charge in [-0.05, 0) is 107 Å². The molecule has 0 radical (unpaired) electrons. The van der Waals surface area contributed by atoms with E-state index >= 15 is 0 Å². The molecule has 2 atom stereocenters. The molecule has 5 heteroatoms. The predicted octanol–water partition coefficient (Wildman–Crippen LogP) is 14.8. The lowest BCUT2D eigenvalue weighted by molar-refractivity contribution is 0.669. The van der Waals surface area contributed by atoms with Gasteiger partial charge in [0.2, 0.25) is 0 Å². The molecule has 0 spiro atoms. The van der Waals surface area contributed by atoms with Gasteiger partial charge in [-0.15, -0.1) is 0 Å². The summed E-state index contributed by atoms with van der Waals surface area (Å²) >= 11 is 0. The number of fused-ring (bicyclic) bond motifs is 6. The average molecular weight is 799 g/mol. The number of furan rings is 1. The predicted molar refractivity (Wildman–Crippen MR) is 256 cm³/mol. The molecule has 1 aliphatic carbocycles. The maximum atomic E-state index is 6.52. The van der Waals surface area contributed by atoms with Crippen molar-refractivity contribution in [3.05, 3.63) is 218 Å². The second-order valence-electron chi connectivity index (χ2n) is 15.8. The molecular weight excluding hydrogens is 757 g/mol. The van der Waals surface area contributed by atoms with Crippen molar-refractivity contribution in [2.75, 3.05) is 4.90 Å². The van der Waals surface area contributed by atoms with E-state index in [9.17, 15) is 0 Å². The zero-order valence-electron chi connectivity index (χ0n) is 34.5. The number of para-hydroxylation sites is 1. The zero-order chi connectivity index (χ0) is 41.6. The molecule has 0 fully saturated rings. The van der Waals surface area contributed by atoms with Crippen LogP contribution in [0.15, 0.2) is 211 Å². The Hall–Kier alpha value is -7.89. The van der Waals surface area contributed by atoms with Gasteiger partial charge in [0.15, 0.2) is 17.5 Å². The van der Waals surface area contributed by atoms with Gasteiger partial charge in [-0.1, -0.05) is 152 Å². The van der Waals surface area contributed by atoms with Gasteiger partial charge in [-0.2, -0.15) is 0 Å². The van der Waals surface area contributed by atoms with Gasteiger partial charge >= 0.3 is 0 Å². The van der Waals surface area contributed by atoms with E-state index in [0.717, 1.165) is 60.9 Å². The lowest BCUT2D eigenvalue weighted by atomic mass is 9.89. The van der Waals surface area contributed by atoms with Crippen molar-refractivity contribution in [1.82, 2.24) is 15.0 Å². The highest BCUT2D eigenvalue weighted by Gasteiger charge is 2.37. The Bertz CT molecular complexity index is 3280.